The van der Waals surface area contributed by atoms with Gasteiger partial charge in [-0.3, -0.25) is 4.90 Å². The predicted molar refractivity (Wildman–Crippen MR) is 71.3 cm³/mol. The number of piperazine rings is 1. The van der Waals surface area contributed by atoms with Gasteiger partial charge in [0.1, 0.15) is 5.82 Å². The van der Waals surface area contributed by atoms with E-state index in [2.05, 4.69) is 30.7 Å². The molecular formula is C12H17BrFN3. The average molecular weight is 302 g/mol. The van der Waals surface area contributed by atoms with Crippen LogP contribution in [0.3, 0.4) is 0 Å². The van der Waals surface area contributed by atoms with Gasteiger partial charge in [-0.2, -0.15) is 4.39 Å². The lowest BCUT2D eigenvalue weighted by molar-refractivity contribution is 0.258. The maximum atomic E-state index is 13.0. The van der Waals surface area contributed by atoms with Crippen molar-refractivity contribution in [2.45, 2.75) is 6.42 Å². The topological polar surface area (TPSA) is 19.4 Å². The minimum absolute atomic E-state index is 0.399. The zero-order valence-corrected chi connectivity index (χ0v) is 11.4. The van der Waals surface area contributed by atoms with Crippen LogP contribution in [0.4, 0.5) is 10.2 Å². The molecule has 2 heterocycles. The Morgan fingerprint density at radius 3 is 2.65 bits per heavy atom. The fourth-order valence-electron chi connectivity index (χ4n) is 2.06. The van der Waals surface area contributed by atoms with Crippen LogP contribution in [-0.2, 0) is 0 Å². The SMILES string of the molecule is Fc1cccc(N2CCN(CCCBr)CC2)n1. The molecule has 2 rings (SSSR count). The standard InChI is InChI=1S/C12H17BrFN3/c13-5-2-6-16-7-9-17(10-8-16)12-4-1-3-11(14)15-12/h1,3-4H,2,5-10H2. The van der Waals surface area contributed by atoms with E-state index in [4.69, 9.17) is 0 Å². The van der Waals surface area contributed by atoms with Gasteiger partial charge in [-0.25, -0.2) is 4.98 Å². The molecule has 0 aromatic carbocycles. The third-order valence-corrected chi connectivity index (χ3v) is 3.57. The molecule has 0 amide bonds. The van der Waals surface area contributed by atoms with Gasteiger partial charge >= 0.3 is 0 Å². The molecule has 0 unspecified atom stereocenters. The largest absolute Gasteiger partial charge is 0.354 e. The summed E-state index contributed by atoms with van der Waals surface area (Å²) in [6.45, 7) is 5.06. The summed E-state index contributed by atoms with van der Waals surface area (Å²) in [5.74, 6) is 0.356. The van der Waals surface area contributed by atoms with Gasteiger partial charge in [-0.15, -0.1) is 0 Å². The number of aromatic nitrogens is 1. The Morgan fingerprint density at radius 2 is 2.00 bits per heavy atom. The number of pyridine rings is 1. The molecule has 17 heavy (non-hydrogen) atoms. The van der Waals surface area contributed by atoms with Crippen LogP contribution >= 0.6 is 15.9 Å². The third kappa shape index (κ3) is 3.64. The molecule has 0 bridgehead atoms. The quantitative estimate of drug-likeness (QED) is 0.627. The highest BCUT2D eigenvalue weighted by Gasteiger charge is 2.17. The molecule has 3 nitrogen and oxygen atoms in total. The first-order chi connectivity index (χ1) is 8.29. The summed E-state index contributed by atoms with van der Waals surface area (Å²) in [5, 5.41) is 1.05. The Kier molecular flexibility index (Phi) is 4.74. The van der Waals surface area contributed by atoms with Crippen LogP contribution in [-0.4, -0.2) is 47.9 Å². The zero-order chi connectivity index (χ0) is 12.1. The van der Waals surface area contributed by atoms with Crippen molar-refractivity contribution < 1.29 is 4.39 Å². The Balaban J connectivity index is 1.86. The smallest absolute Gasteiger partial charge is 0.214 e. The van der Waals surface area contributed by atoms with Crippen molar-refractivity contribution in [2.24, 2.45) is 0 Å². The molecule has 0 atom stereocenters. The summed E-state index contributed by atoms with van der Waals surface area (Å²) in [7, 11) is 0. The monoisotopic (exact) mass is 301 g/mol. The summed E-state index contributed by atoms with van der Waals surface area (Å²) < 4.78 is 13.0. The number of halogens is 2. The summed E-state index contributed by atoms with van der Waals surface area (Å²) >= 11 is 3.44. The van der Waals surface area contributed by atoms with Crippen molar-refractivity contribution >= 4 is 21.7 Å². The molecule has 0 saturated carbocycles. The van der Waals surface area contributed by atoms with Crippen molar-refractivity contribution in [1.29, 1.82) is 0 Å². The summed E-state index contributed by atoms with van der Waals surface area (Å²) in [6.07, 6.45) is 1.18. The van der Waals surface area contributed by atoms with Gasteiger partial charge in [0.25, 0.3) is 0 Å². The third-order valence-electron chi connectivity index (χ3n) is 3.00. The first kappa shape index (κ1) is 12.8. The van der Waals surface area contributed by atoms with Gasteiger partial charge < -0.3 is 4.90 Å². The maximum Gasteiger partial charge on any atom is 0.214 e. The highest BCUT2D eigenvalue weighted by molar-refractivity contribution is 9.09. The second-order valence-corrected chi connectivity index (χ2v) is 4.98. The maximum absolute atomic E-state index is 13.0. The number of hydrogen-bond acceptors (Lipinski definition) is 3. The average Bonchev–Trinajstić information content (AvgIpc) is 2.37. The molecule has 1 aliphatic rings. The van der Waals surface area contributed by atoms with E-state index in [-0.39, 0.29) is 0 Å². The van der Waals surface area contributed by atoms with Crippen molar-refractivity contribution in [2.75, 3.05) is 43.0 Å². The molecule has 1 fully saturated rings. The van der Waals surface area contributed by atoms with E-state index in [0.29, 0.717) is 0 Å². The molecule has 0 N–H and O–H groups in total. The molecule has 94 valence electrons. The van der Waals surface area contributed by atoms with Crippen molar-refractivity contribution in [3.63, 3.8) is 0 Å². The molecule has 1 aliphatic heterocycles. The van der Waals surface area contributed by atoms with Crippen LogP contribution in [0.25, 0.3) is 0 Å². The van der Waals surface area contributed by atoms with Crippen molar-refractivity contribution in [3.8, 4) is 0 Å². The van der Waals surface area contributed by atoms with Crippen LogP contribution in [0.1, 0.15) is 6.42 Å². The number of rotatable bonds is 4. The first-order valence-corrected chi connectivity index (χ1v) is 7.07. The summed E-state index contributed by atoms with van der Waals surface area (Å²) in [5.41, 5.74) is 0. The van der Waals surface area contributed by atoms with Crippen LogP contribution in [0, 0.1) is 5.95 Å². The fraction of sp³-hybridized carbons (Fsp3) is 0.583. The molecule has 1 saturated heterocycles. The van der Waals surface area contributed by atoms with Gasteiger partial charge in [-0.1, -0.05) is 22.0 Å². The van der Waals surface area contributed by atoms with Crippen LogP contribution in [0.15, 0.2) is 18.2 Å². The molecule has 1 aromatic rings. The van der Waals surface area contributed by atoms with Crippen molar-refractivity contribution in [3.05, 3.63) is 24.1 Å². The lowest BCUT2D eigenvalue weighted by Gasteiger charge is -2.35. The van der Waals surface area contributed by atoms with Crippen LogP contribution in [0.5, 0.6) is 0 Å². The van der Waals surface area contributed by atoms with E-state index < -0.39 is 5.95 Å². The molecule has 0 spiro atoms. The molecule has 0 aliphatic carbocycles. The Bertz CT molecular complexity index is 353. The number of hydrogen-bond donors (Lipinski definition) is 0. The van der Waals surface area contributed by atoms with Crippen LogP contribution in [0.2, 0.25) is 0 Å². The Hall–Kier alpha value is -0.680. The number of anilines is 1. The lowest BCUT2D eigenvalue weighted by Crippen LogP contribution is -2.47. The summed E-state index contributed by atoms with van der Waals surface area (Å²) in [4.78, 5) is 8.51. The van der Waals surface area contributed by atoms with Crippen LogP contribution < -0.4 is 4.90 Å². The van der Waals surface area contributed by atoms with E-state index >= 15 is 0 Å². The minimum atomic E-state index is -0.399. The predicted octanol–water partition coefficient (Wildman–Crippen LogP) is 2.13. The summed E-state index contributed by atoms with van der Waals surface area (Å²) in [6, 6.07) is 4.97. The van der Waals surface area contributed by atoms with Gasteiger partial charge in [0.05, 0.1) is 0 Å². The van der Waals surface area contributed by atoms with Crippen molar-refractivity contribution in [1.82, 2.24) is 9.88 Å². The zero-order valence-electron chi connectivity index (χ0n) is 9.78. The van der Waals surface area contributed by atoms with Gasteiger partial charge in [0.15, 0.2) is 0 Å². The first-order valence-electron chi connectivity index (χ1n) is 5.95. The second kappa shape index (κ2) is 6.31. The number of nitrogens with zero attached hydrogens (tertiary/aromatic N) is 3. The lowest BCUT2D eigenvalue weighted by atomic mass is 10.3. The van der Waals surface area contributed by atoms with E-state index in [1.54, 1.807) is 6.07 Å². The molecule has 0 radical (unpaired) electrons. The molecule has 1 aromatic heterocycles. The minimum Gasteiger partial charge on any atom is -0.354 e. The fourth-order valence-corrected chi connectivity index (χ4v) is 2.31. The Morgan fingerprint density at radius 1 is 1.24 bits per heavy atom. The number of alkyl halides is 1. The van der Waals surface area contributed by atoms with E-state index in [1.807, 2.05) is 6.07 Å². The van der Waals surface area contributed by atoms with E-state index in [0.717, 1.165) is 43.9 Å². The molecule has 5 heteroatoms. The van der Waals surface area contributed by atoms with Gasteiger partial charge in [0.2, 0.25) is 5.95 Å². The molecular weight excluding hydrogens is 285 g/mol. The second-order valence-electron chi connectivity index (χ2n) is 4.19. The Labute approximate surface area is 110 Å². The van der Waals surface area contributed by atoms with Gasteiger partial charge in [-0.05, 0) is 25.1 Å². The van der Waals surface area contributed by atoms with Gasteiger partial charge in [0, 0.05) is 31.5 Å². The normalized spacial score (nSPS) is 17.4. The van der Waals surface area contributed by atoms with E-state index in [9.17, 15) is 4.39 Å². The van der Waals surface area contributed by atoms with E-state index in [1.165, 1.54) is 12.5 Å². The highest BCUT2D eigenvalue weighted by Crippen LogP contribution is 2.13. The highest BCUT2D eigenvalue weighted by atomic mass is 79.9.